The van der Waals surface area contributed by atoms with E-state index in [0.29, 0.717) is 17.4 Å². The van der Waals surface area contributed by atoms with Gasteiger partial charge in [0.15, 0.2) is 5.82 Å². The minimum atomic E-state index is -0.444. The predicted molar refractivity (Wildman–Crippen MR) is 78.4 cm³/mol. The highest BCUT2D eigenvalue weighted by atomic mass is 35.5. The van der Waals surface area contributed by atoms with E-state index in [1.165, 1.54) is 10.7 Å². The summed E-state index contributed by atoms with van der Waals surface area (Å²) in [7, 11) is 0. The molecule has 1 saturated carbocycles. The van der Waals surface area contributed by atoms with Gasteiger partial charge in [0.05, 0.1) is 10.6 Å². The normalized spacial score (nSPS) is 15.9. The molecule has 4 N–H and O–H groups in total. The highest BCUT2D eigenvalue weighted by molar-refractivity contribution is 6.33. The monoisotopic (exact) mass is 294 g/mol. The average molecular weight is 295 g/mol. The third kappa shape index (κ3) is 2.02. The summed E-state index contributed by atoms with van der Waals surface area (Å²) in [6.07, 6.45) is 4.40. The number of hydrogen-bond acceptors (Lipinski definition) is 3. The lowest BCUT2D eigenvalue weighted by Gasteiger charge is -2.08. The summed E-state index contributed by atoms with van der Waals surface area (Å²) in [6.45, 7) is 0. The Morgan fingerprint density at radius 1 is 1.30 bits per heavy atom. The molecule has 4 nitrogen and oxygen atoms in total. The number of aromatic nitrogens is 2. The fraction of sp³-hybridized carbons (Fsp3) is 0.357. The molecule has 3 rings (SSSR count). The Bertz CT molecular complexity index is 627. The van der Waals surface area contributed by atoms with Gasteiger partial charge >= 0.3 is 0 Å². The minimum Gasteiger partial charge on any atom is -0.382 e. The van der Waals surface area contributed by atoms with Crippen LogP contribution < -0.4 is 11.6 Å². The molecular weight excluding hydrogens is 279 g/mol. The molecule has 0 bridgehead atoms. The highest BCUT2D eigenvalue weighted by Gasteiger charge is 2.26. The standard InChI is InChI=1S/C14H16ClFN4/c15-9-6-3-7-10(16)11(9)12-13(17)20(18)14(19-12)8-4-1-2-5-8/h3,6-8H,1-2,4-5,17-18H2. The van der Waals surface area contributed by atoms with Crippen molar-refractivity contribution in [3.63, 3.8) is 0 Å². The van der Waals surface area contributed by atoms with Crippen molar-refractivity contribution in [1.82, 2.24) is 9.66 Å². The zero-order valence-electron chi connectivity index (χ0n) is 10.9. The maximum atomic E-state index is 14.0. The van der Waals surface area contributed by atoms with Crippen LogP contribution in [0.4, 0.5) is 10.2 Å². The van der Waals surface area contributed by atoms with E-state index in [1.54, 1.807) is 12.1 Å². The molecule has 0 aliphatic heterocycles. The molecule has 2 aromatic rings. The number of halogens is 2. The second-order valence-electron chi connectivity index (χ2n) is 5.15. The van der Waals surface area contributed by atoms with Gasteiger partial charge in [-0.25, -0.2) is 14.1 Å². The van der Waals surface area contributed by atoms with Crippen molar-refractivity contribution in [3.05, 3.63) is 34.9 Å². The van der Waals surface area contributed by atoms with Gasteiger partial charge in [-0.1, -0.05) is 30.5 Å². The Morgan fingerprint density at radius 3 is 2.65 bits per heavy atom. The minimum absolute atomic E-state index is 0.218. The summed E-state index contributed by atoms with van der Waals surface area (Å²) in [5, 5.41) is 0.285. The molecule has 1 fully saturated rings. The van der Waals surface area contributed by atoms with Crippen LogP contribution in [0.1, 0.15) is 37.4 Å². The molecule has 1 aliphatic rings. The first kappa shape index (κ1) is 13.2. The Kier molecular flexibility index (Phi) is 3.30. The lowest BCUT2D eigenvalue weighted by Crippen LogP contribution is -2.17. The summed E-state index contributed by atoms with van der Waals surface area (Å²) in [6, 6.07) is 4.50. The fourth-order valence-corrected chi connectivity index (χ4v) is 3.10. The van der Waals surface area contributed by atoms with Gasteiger partial charge in [-0.15, -0.1) is 0 Å². The predicted octanol–water partition coefficient (Wildman–Crippen LogP) is 3.30. The lowest BCUT2D eigenvalue weighted by atomic mass is 10.1. The third-order valence-electron chi connectivity index (χ3n) is 3.90. The van der Waals surface area contributed by atoms with Gasteiger partial charge in [0.25, 0.3) is 0 Å². The molecule has 1 heterocycles. The van der Waals surface area contributed by atoms with Crippen LogP contribution in [-0.4, -0.2) is 9.66 Å². The van der Waals surface area contributed by atoms with Crippen LogP contribution in [-0.2, 0) is 0 Å². The number of imidazole rings is 1. The summed E-state index contributed by atoms with van der Waals surface area (Å²) < 4.78 is 15.4. The van der Waals surface area contributed by atoms with Crippen LogP contribution in [0.2, 0.25) is 5.02 Å². The number of nitrogens with zero attached hydrogens (tertiary/aromatic N) is 2. The quantitative estimate of drug-likeness (QED) is 0.835. The van der Waals surface area contributed by atoms with Crippen molar-refractivity contribution in [2.75, 3.05) is 11.6 Å². The highest BCUT2D eigenvalue weighted by Crippen LogP contribution is 2.38. The van der Waals surface area contributed by atoms with E-state index in [9.17, 15) is 4.39 Å². The maximum Gasteiger partial charge on any atom is 0.151 e. The van der Waals surface area contributed by atoms with Crippen molar-refractivity contribution < 1.29 is 4.39 Å². The van der Waals surface area contributed by atoms with E-state index in [1.807, 2.05) is 0 Å². The van der Waals surface area contributed by atoms with E-state index in [2.05, 4.69) is 4.98 Å². The second-order valence-corrected chi connectivity index (χ2v) is 5.56. The Labute approximate surface area is 121 Å². The molecule has 20 heavy (non-hydrogen) atoms. The topological polar surface area (TPSA) is 69.9 Å². The van der Waals surface area contributed by atoms with Gasteiger partial charge in [0.1, 0.15) is 17.3 Å². The number of hydrogen-bond donors (Lipinski definition) is 2. The van der Waals surface area contributed by atoms with Gasteiger partial charge < -0.3 is 11.6 Å². The summed E-state index contributed by atoms with van der Waals surface area (Å²) in [4.78, 5) is 4.47. The number of benzene rings is 1. The summed E-state index contributed by atoms with van der Waals surface area (Å²) in [5.41, 5.74) is 6.54. The number of nitrogens with two attached hydrogens (primary N) is 2. The second kappa shape index (κ2) is 4.98. The summed E-state index contributed by atoms with van der Waals surface area (Å²) in [5.74, 6) is 6.80. The fourth-order valence-electron chi connectivity index (χ4n) is 2.84. The molecule has 0 saturated heterocycles. The van der Waals surface area contributed by atoms with Crippen molar-refractivity contribution in [3.8, 4) is 11.3 Å². The van der Waals surface area contributed by atoms with Gasteiger partial charge in [-0.3, -0.25) is 0 Å². The smallest absolute Gasteiger partial charge is 0.151 e. The van der Waals surface area contributed by atoms with Crippen LogP contribution in [0.5, 0.6) is 0 Å². The first-order chi connectivity index (χ1) is 9.59. The first-order valence-corrected chi connectivity index (χ1v) is 7.05. The average Bonchev–Trinajstić information content (AvgIpc) is 3.02. The van der Waals surface area contributed by atoms with E-state index in [4.69, 9.17) is 23.2 Å². The third-order valence-corrected chi connectivity index (χ3v) is 4.21. The van der Waals surface area contributed by atoms with Gasteiger partial charge in [-0.2, -0.15) is 0 Å². The first-order valence-electron chi connectivity index (χ1n) is 6.67. The van der Waals surface area contributed by atoms with Crippen molar-refractivity contribution in [1.29, 1.82) is 0 Å². The van der Waals surface area contributed by atoms with Crippen LogP contribution in [0.25, 0.3) is 11.3 Å². The number of anilines is 1. The molecule has 0 radical (unpaired) electrons. The number of nitrogen functional groups attached to an aromatic ring is 2. The molecular formula is C14H16ClFN4. The van der Waals surface area contributed by atoms with Crippen LogP contribution in [0.3, 0.4) is 0 Å². The maximum absolute atomic E-state index is 14.0. The molecule has 0 amide bonds. The summed E-state index contributed by atoms with van der Waals surface area (Å²) >= 11 is 6.07. The Morgan fingerprint density at radius 2 is 2.00 bits per heavy atom. The van der Waals surface area contributed by atoms with E-state index in [-0.39, 0.29) is 16.4 Å². The van der Waals surface area contributed by atoms with Crippen LogP contribution >= 0.6 is 11.6 Å². The van der Waals surface area contributed by atoms with Crippen molar-refractivity contribution in [2.45, 2.75) is 31.6 Å². The molecule has 106 valence electrons. The van der Waals surface area contributed by atoms with E-state index in [0.717, 1.165) is 25.7 Å². The molecule has 1 aromatic heterocycles. The SMILES string of the molecule is Nc1c(-c2c(F)cccc2Cl)nc(C2CCCC2)n1N. The molecule has 0 spiro atoms. The molecule has 6 heteroatoms. The number of rotatable bonds is 2. The van der Waals surface area contributed by atoms with Crippen LogP contribution in [0, 0.1) is 5.82 Å². The molecule has 0 unspecified atom stereocenters. The van der Waals surface area contributed by atoms with Crippen molar-refractivity contribution in [2.24, 2.45) is 0 Å². The Balaban J connectivity index is 2.13. The van der Waals surface area contributed by atoms with Gasteiger partial charge in [0.2, 0.25) is 0 Å². The molecule has 0 atom stereocenters. The van der Waals surface area contributed by atoms with Gasteiger partial charge in [-0.05, 0) is 25.0 Å². The van der Waals surface area contributed by atoms with E-state index < -0.39 is 5.82 Å². The van der Waals surface area contributed by atoms with E-state index >= 15 is 0 Å². The van der Waals surface area contributed by atoms with Crippen molar-refractivity contribution >= 4 is 17.4 Å². The van der Waals surface area contributed by atoms with Crippen LogP contribution in [0.15, 0.2) is 18.2 Å². The zero-order valence-corrected chi connectivity index (χ0v) is 11.7. The molecule has 1 aromatic carbocycles. The largest absolute Gasteiger partial charge is 0.382 e. The molecule has 1 aliphatic carbocycles. The van der Waals surface area contributed by atoms with Gasteiger partial charge in [0, 0.05) is 5.92 Å². The Hall–Kier alpha value is -1.75. The lowest BCUT2D eigenvalue weighted by molar-refractivity contribution is 0.630. The zero-order chi connectivity index (χ0) is 14.3.